The molecule has 0 radical (unpaired) electrons. The van der Waals surface area contributed by atoms with E-state index >= 15 is 0 Å². The Morgan fingerprint density at radius 3 is 2.94 bits per heavy atom. The van der Waals surface area contributed by atoms with E-state index < -0.39 is 0 Å². The molecule has 3 rings (SSSR count). The number of carbonyl (C=O) groups is 1. The second-order valence-corrected chi connectivity index (χ2v) is 4.78. The quantitative estimate of drug-likeness (QED) is 0.831. The van der Waals surface area contributed by atoms with Crippen LogP contribution in [0.3, 0.4) is 0 Å². The molecule has 5 nitrogen and oxygen atoms in total. The van der Waals surface area contributed by atoms with E-state index in [4.69, 9.17) is 9.15 Å². The standard InChI is InChI=1S/C12H12N2O3S/c15-12(14-3-6-16-7-4-14)9-8-18-11(13-9)10-2-1-5-17-10/h1-2,5,8H,3-4,6-7H2. The lowest BCUT2D eigenvalue weighted by Gasteiger charge is -2.25. The Hall–Kier alpha value is -1.66. The van der Waals surface area contributed by atoms with Crippen molar-refractivity contribution >= 4 is 17.2 Å². The third-order valence-corrected chi connectivity index (χ3v) is 3.61. The second kappa shape index (κ2) is 4.91. The summed E-state index contributed by atoms with van der Waals surface area (Å²) in [5.74, 6) is 0.661. The molecule has 0 aromatic carbocycles. The van der Waals surface area contributed by atoms with Crippen LogP contribution in [0, 0.1) is 0 Å². The van der Waals surface area contributed by atoms with Gasteiger partial charge in [0.25, 0.3) is 5.91 Å². The van der Waals surface area contributed by atoms with Crippen molar-refractivity contribution in [1.82, 2.24) is 9.88 Å². The van der Waals surface area contributed by atoms with E-state index in [9.17, 15) is 4.79 Å². The maximum absolute atomic E-state index is 12.2. The third kappa shape index (κ3) is 2.16. The first-order valence-corrected chi connectivity index (χ1v) is 6.59. The van der Waals surface area contributed by atoms with Crippen molar-refractivity contribution in [2.24, 2.45) is 0 Å². The van der Waals surface area contributed by atoms with Crippen LogP contribution in [0.5, 0.6) is 0 Å². The summed E-state index contributed by atoms with van der Waals surface area (Å²) < 4.78 is 10.5. The summed E-state index contributed by atoms with van der Waals surface area (Å²) in [5.41, 5.74) is 0.480. The van der Waals surface area contributed by atoms with Crippen molar-refractivity contribution in [2.45, 2.75) is 0 Å². The molecule has 1 saturated heterocycles. The number of rotatable bonds is 2. The van der Waals surface area contributed by atoms with Crippen LogP contribution in [0.2, 0.25) is 0 Å². The van der Waals surface area contributed by atoms with Gasteiger partial charge in [0, 0.05) is 18.5 Å². The van der Waals surface area contributed by atoms with Crippen molar-refractivity contribution in [3.05, 3.63) is 29.5 Å². The fraction of sp³-hybridized carbons (Fsp3) is 0.333. The number of ether oxygens (including phenoxy) is 1. The summed E-state index contributed by atoms with van der Waals surface area (Å²) in [6.07, 6.45) is 1.60. The van der Waals surface area contributed by atoms with Crippen LogP contribution in [0.25, 0.3) is 10.8 Å². The van der Waals surface area contributed by atoms with Crippen molar-refractivity contribution in [2.75, 3.05) is 26.3 Å². The van der Waals surface area contributed by atoms with Crippen LogP contribution in [0.15, 0.2) is 28.2 Å². The maximum atomic E-state index is 12.2. The van der Waals surface area contributed by atoms with Gasteiger partial charge in [-0.2, -0.15) is 0 Å². The minimum Gasteiger partial charge on any atom is -0.462 e. The lowest BCUT2D eigenvalue weighted by Crippen LogP contribution is -2.40. The van der Waals surface area contributed by atoms with Gasteiger partial charge in [-0.15, -0.1) is 11.3 Å². The second-order valence-electron chi connectivity index (χ2n) is 3.92. The Morgan fingerprint density at radius 2 is 2.22 bits per heavy atom. The fourth-order valence-corrected chi connectivity index (χ4v) is 2.57. The number of hydrogen-bond donors (Lipinski definition) is 0. The van der Waals surface area contributed by atoms with Crippen LogP contribution >= 0.6 is 11.3 Å². The zero-order valence-corrected chi connectivity index (χ0v) is 10.5. The molecule has 6 heteroatoms. The summed E-state index contributed by atoms with van der Waals surface area (Å²) in [5, 5.41) is 2.51. The number of carbonyl (C=O) groups excluding carboxylic acids is 1. The number of hydrogen-bond acceptors (Lipinski definition) is 5. The minimum atomic E-state index is -0.0349. The summed E-state index contributed by atoms with van der Waals surface area (Å²) in [7, 11) is 0. The molecule has 1 fully saturated rings. The van der Waals surface area contributed by atoms with Crippen molar-refractivity contribution < 1.29 is 13.9 Å². The summed E-state index contributed by atoms with van der Waals surface area (Å²) in [6, 6.07) is 3.64. The SMILES string of the molecule is O=C(c1csc(-c2ccco2)n1)N1CCOCC1. The van der Waals surface area contributed by atoms with Gasteiger partial charge in [0.2, 0.25) is 0 Å². The number of amides is 1. The third-order valence-electron chi connectivity index (χ3n) is 2.75. The smallest absolute Gasteiger partial charge is 0.273 e. The molecule has 94 valence electrons. The molecule has 3 heterocycles. The van der Waals surface area contributed by atoms with Gasteiger partial charge in [0.05, 0.1) is 19.5 Å². The maximum Gasteiger partial charge on any atom is 0.273 e. The molecule has 2 aromatic rings. The predicted octanol–water partition coefficient (Wildman–Crippen LogP) is 1.88. The van der Waals surface area contributed by atoms with E-state index in [0.717, 1.165) is 5.01 Å². The van der Waals surface area contributed by atoms with Crippen molar-refractivity contribution in [1.29, 1.82) is 0 Å². The zero-order chi connectivity index (χ0) is 12.4. The summed E-state index contributed by atoms with van der Waals surface area (Å²) in [6.45, 7) is 2.46. The lowest BCUT2D eigenvalue weighted by molar-refractivity contribution is 0.0299. The summed E-state index contributed by atoms with van der Waals surface area (Å²) >= 11 is 1.42. The molecule has 1 aliphatic heterocycles. The molecule has 0 bridgehead atoms. The Balaban J connectivity index is 1.78. The molecule has 0 saturated carbocycles. The van der Waals surface area contributed by atoms with Gasteiger partial charge in [0.15, 0.2) is 10.8 Å². The summed E-state index contributed by atoms with van der Waals surface area (Å²) in [4.78, 5) is 18.3. The van der Waals surface area contributed by atoms with Gasteiger partial charge in [-0.1, -0.05) is 0 Å². The van der Waals surface area contributed by atoms with E-state index in [1.165, 1.54) is 11.3 Å². The van der Waals surface area contributed by atoms with Gasteiger partial charge in [-0.25, -0.2) is 4.98 Å². The van der Waals surface area contributed by atoms with Crippen molar-refractivity contribution in [3.63, 3.8) is 0 Å². The first-order chi connectivity index (χ1) is 8.84. The Bertz CT molecular complexity index is 529. The van der Waals surface area contributed by atoms with Gasteiger partial charge in [-0.05, 0) is 12.1 Å². The van der Waals surface area contributed by atoms with Gasteiger partial charge in [-0.3, -0.25) is 4.79 Å². The highest BCUT2D eigenvalue weighted by atomic mass is 32.1. The first kappa shape index (κ1) is 11.4. The molecule has 0 atom stereocenters. The van der Waals surface area contributed by atoms with E-state index in [1.807, 2.05) is 6.07 Å². The molecular formula is C12H12N2O3S. The van der Waals surface area contributed by atoms with E-state index in [-0.39, 0.29) is 5.91 Å². The van der Waals surface area contributed by atoms with Crippen LogP contribution < -0.4 is 0 Å². The molecule has 0 aliphatic carbocycles. The topological polar surface area (TPSA) is 55.6 Å². The van der Waals surface area contributed by atoms with Crippen LogP contribution in [-0.2, 0) is 4.74 Å². The largest absolute Gasteiger partial charge is 0.462 e. The average Bonchev–Trinajstić information content (AvgIpc) is 3.09. The highest BCUT2D eigenvalue weighted by Crippen LogP contribution is 2.24. The molecule has 2 aromatic heterocycles. The first-order valence-electron chi connectivity index (χ1n) is 5.71. The number of nitrogens with zero attached hydrogens (tertiary/aromatic N) is 2. The van der Waals surface area contributed by atoms with Crippen LogP contribution in [0.4, 0.5) is 0 Å². The molecule has 0 spiro atoms. The van der Waals surface area contributed by atoms with Gasteiger partial charge < -0.3 is 14.1 Å². The number of furan rings is 1. The van der Waals surface area contributed by atoms with E-state index in [0.29, 0.717) is 37.8 Å². The molecule has 0 unspecified atom stereocenters. The Morgan fingerprint density at radius 1 is 1.39 bits per heavy atom. The molecule has 0 N–H and O–H groups in total. The Kier molecular flexibility index (Phi) is 3.12. The monoisotopic (exact) mass is 264 g/mol. The van der Waals surface area contributed by atoms with E-state index in [2.05, 4.69) is 4.98 Å². The lowest BCUT2D eigenvalue weighted by atomic mass is 10.3. The van der Waals surface area contributed by atoms with E-state index in [1.54, 1.807) is 22.6 Å². The number of morpholine rings is 1. The average molecular weight is 264 g/mol. The van der Waals surface area contributed by atoms with Crippen LogP contribution in [-0.4, -0.2) is 42.1 Å². The van der Waals surface area contributed by atoms with Gasteiger partial charge >= 0.3 is 0 Å². The molecule has 1 aliphatic rings. The molecule has 18 heavy (non-hydrogen) atoms. The zero-order valence-electron chi connectivity index (χ0n) is 9.67. The predicted molar refractivity (Wildman–Crippen MR) is 66.5 cm³/mol. The fourth-order valence-electron chi connectivity index (χ4n) is 1.81. The van der Waals surface area contributed by atoms with Gasteiger partial charge in [0.1, 0.15) is 5.69 Å². The normalized spacial score (nSPS) is 15.9. The highest BCUT2D eigenvalue weighted by Gasteiger charge is 2.21. The minimum absolute atomic E-state index is 0.0349. The number of aromatic nitrogens is 1. The van der Waals surface area contributed by atoms with Crippen molar-refractivity contribution in [3.8, 4) is 10.8 Å². The Labute approximate surface area is 108 Å². The molecule has 1 amide bonds. The molecular weight excluding hydrogens is 252 g/mol. The van der Waals surface area contributed by atoms with Crippen LogP contribution in [0.1, 0.15) is 10.5 Å². The number of thiazole rings is 1. The highest BCUT2D eigenvalue weighted by molar-refractivity contribution is 7.13.